The van der Waals surface area contributed by atoms with Gasteiger partial charge in [-0.15, -0.1) is 11.3 Å². The topological polar surface area (TPSA) is 62.7 Å². The van der Waals surface area contributed by atoms with E-state index in [9.17, 15) is 0 Å². The second kappa shape index (κ2) is 4.11. The Morgan fingerprint density at radius 2 is 2.33 bits per heavy atom. The largest absolute Gasteiger partial charge is 0.375 e. The van der Waals surface area contributed by atoms with Gasteiger partial charge in [-0.1, -0.05) is 12.1 Å². The third kappa shape index (κ3) is 2.33. The number of nitrogens with zero attached hydrogens (tertiary/aromatic N) is 2. The van der Waals surface area contributed by atoms with Gasteiger partial charge in [0, 0.05) is 11.8 Å². The van der Waals surface area contributed by atoms with Crippen molar-refractivity contribution >= 4 is 16.5 Å². The Labute approximate surface area is 91.8 Å². The molecule has 0 amide bonds. The van der Waals surface area contributed by atoms with Crippen LogP contribution in [-0.2, 0) is 6.42 Å². The smallest absolute Gasteiger partial charge is 0.180 e. The summed E-state index contributed by atoms with van der Waals surface area (Å²) in [5.74, 6) is 0. The van der Waals surface area contributed by atoms with Crippen LogP contribution in [0.25, 0.3) is 0 Å². The molecular formula is C11H9N3S. The summed E-state index contributed by atoms with van der Waals surface area (Å²) in [4.78, 5) is 4.17. The molecule has 0 fully saturated rings. The third-order valence-electron chi connectivity index (χ3n) is 2.01. The van der Waals surface area contributed by atoms with Gasteiger partial charge in [0.15, 0.2) is 5.13 Å². The minimum atomic E-state index is 0.585. The van der Waals surface area contributed by atoms with Crippen LogP contribution in [0.15, 0.2) is 29.6 Å². The first-order chi connectivity index (χ1) is 7.28. The van der Waals surface area contributed by atoms with Crippen LogP contribution < -0.4 is 5.73 Å². The summed E-state index contributed by atoms with van der Waals surface area (Å²) in [5, 5.41) is 11.3. The summed E-state index contributed by atoms with van der Waals surface area (Å²) in [5.41, 5.74) is 8.25. The molecule has 0 radical (unpaired) electrons. The van der Waals surface area contributed by atoms with Crippen molar-refractivity contribution in [3.63, 3.8) is 0 Å². The summed E-state index contributed by atoms with van der Waals surface area (Å²) < 4.78 is 0. The molecule has 2 rings (SSSR count). The number of rotatable bonds is 2. The van der Waals surface area contributed by atoms with Crippen molar-refractivity contribution in [2.45, 2.75) is 6.42 Å². The molecule has 0 aliphatic carbocycles. The molecule has 1 aromatic heterocycles. The van der Waals surface area contributed by atoms with E-state index in [0.29, 0.717) is 10.7 Å². The van der Waals surface area contributed by atoms with Crippen LogP contribution in [0.2, 0.25) is 0 Å². The lowest BCUT2D eigenvalue weighted by Crippen LogP contribution is -1.90. The van der Waals surface area contributed by atoms with E-state index >= 15 is 0 Å². The van der Waals surface area contributed by atoms with Crippen molar-refractivity contribution in [1.82, 2.24) is 4.98 Å². The highest BCUT2D eigenvalue weighted by Crippen LogP contribution is 2.15. The summed E-state index contributed by atoms with van der Waals surface area (Å²) in [6.07, 6.45) is 0.725. The Kier molecular flexibility index (Phi) is 2.66. The monoisotopic (exact) mass is 215 g/mol. The van der Waals surface area contributed by atoms with Crippen LogP contribution in [0, 0.1) is 11.3 Å². The number of anilines is 1. The van der Waals surface area contributed by atoms with Gasteiger partial charge in [-0.25, -0.2) is 4.98 Å². The van der Waals surface area contributed by atoms with Crippen molar-refractivity contribution in [2.24, 2.45) is 0 Å². The maximum atomic E-state index is 8.75. The standard InChI is InChI=1S/C11H9N3S/c12-6-9-3-1-2-8(4-9)5-10-7-15-11(13)14-10/h1-4,7H,5H2,(H2,13,14). The zero-order chi connectivity index (χ0) is 10.7. The molecule has 0 saturated carbocycles. The lowest BCUT2D eigenvalue weighted by atomic mass is 10.1. The second-order valence-electron chi connectivity index (χ2n) is 3.17. The summed E-state index contributed by atoms with van der Waals surface area (Å²) in [7, 11) is 0. The van der Waals surface area contributed by atoms with E-state index in [2.05, 4.69) is 11.1 Å². The first-order valence-electron chi connectivity index (χ1n) is 4.47. The van der Waals surface area contributed by atoms with Crippen molar-refractivity contribution in [1.29, 1.82) is 5.26 Å². The van der Waals surface area contributed by atoms with Crippen molar-refractivity contribution in [3.05, 3.63) is 46.5 Å². The van der Waals surface area contributed by atoms with E-state index in [-0.39, 0.29) is 0 Å². The van der Waals surface area contributed by atoms with E-state index in [0.717, 1.165) is 17.7 Å². The van der Waals surface area contributed by atoms with Crippen LogP contribution in [-0.4, -0.2) is 4.98 Å². The fourth-order valence-corrected chi connectivity index (χ4v) is 1.93. The number of aromatic nitrogens is 1. The number of hydrogen-bond acceptors (Lipinski definition) is 4. The lowest BCUT2D eigenvalue weighted by Gasteiger charge is -1.97. The highest BCUT2D eigenvalue weighted by Gasteiger charge is 2.01. The van der Waals surface area contributed by atoms with Crippen molar-refractivity contribution in [2.75, 3.05) is 5.73 Å². The SMILES string of the molecule is N#Cc1cccc(Cc2csc(N)n2)c1. The molecule has 0 aliphatic heterocycles. The first-order valence-corrected chi connectivity index (χ1v) is 5.35. The van der Waals surface area contributed by atoms with Crippen molar-refractivity contribution in [3.8, 4) is 6.07 Å². The van der Waals surface area contributed by atoms with E-state index in [4.69, 9.17) is 11.0 Å². The van der Waals surface area contributed by atoms with Crippen molar-refractivity contribution < 1.29 is 0 Å². The Bertz CT molecular complexity index is 511. The average Bonchev–Trinajstić information content (AvgIpc) is 2.64. The molecule has 0 aliphatic rings. The minimum Gasteiger partial charge on any atom is -0.375 e. The van der Waals surface area contributed by atoms with Gasteiger partial charge in [-0.2, -0.15) is 5.26 Å². The van der Waals surface area contributed by atoms with Gasteiger partial charge in [0.25, 0.3) is 0 Å². The van der Waals surface area contributed by atoms with Gasteiger partial charge in [0.1, 0.15) is 0 Å². The molecule has 2 aromatic rings. The van der Waals surface area contributed by atoms with E-state index in [1.165, 1.54) is 11.3 Å². The van der Waals surface area contributed by atoms with E-state index in [1.54, 1.807) is 6.07 Å². The van der Waals surface area contributed by atoms with E-state index in [1.807, 2.05) is 23.6 Å². The summed E-state index contributed by atoms with van der Waals surface area (Å²) in [6.45, 7) is 0. The maximum absolute atomic E-state index is 8.75. The molecule has 15 heavy (non-hydrogen) atoms. The number of nitrogen functional groups attached to an aromatic ring is 1. The predicted molar refractivity (Wildman–Crippen MR) is 60.5 cm³/mol. The normalized spacial score (nSPS) is 9.80. The van der Waals surface area contributed by atoms with Gasteiger partial charge in [-0.3, -0.25) is 0 Å². The van der Waals surface area contributed by atoms with E-state index < -0.39 is 0 Å². The first kappa shape index (κ1) is 9.69. The molecule has 4 heteroatoms. The van der Waals surface area contributed by atoms with Gasteiger partial charge < -0.3 is 5.73 Å². The molecular weight excluding hydrogens is 206 g/mol. The zero-order valence-corrected chi connectivity index (χ0v) is 8.79. The molecule has 0 atom stereocenters. The lowest BCUT2D eigenvalue weighted by molar-refractivity contribution is 1.11. The third-order valence-corrected chi connectivity index (χ3v) is 2.73. The van der Waals surface area contributed by atoms with Crippen LogP contribution in [0.5, 0.6) is 0 Å². The zero-order valence-electron chi connectivity index (χ0n) is 7.97. The number of hydrogen-bond donors (Lipinski definition) is 1. The molecule has 3 nitrogen and oxygen atoms in total. The summed E-state index contributed by atoms with van der Waals surface area (Å²) >= 11 is 1.44. The predicted octanol–water partition coefficient (Wildman–Crippen LogP) is 2.19. The average molecular weight is 215 g/mol. The van der Waals surface area contributed by atoms with Crippen LogP contribution in [0.3, 0.4) is 0 Å². The number of nitrogens with two attached hydrogens (primary N) is 1. The fourth-order valence-electron chi connectivity index (χ4n) is 1.36. The number of benzene rings is 1. The molecule has 1 heterocycles. The number of thiazole rings is 1. The van der Waals surface area contributed by atoms with Crippen LogP contribution in [0.4, 0.5) is 5.13 Å². The fraction of sp³-hybridized carbons (Fsp3) is 0.0909. The second-order valence-corrected chi connectivity index (χ2v) is 4.06. The molecule has 0 spiro atoms. The minimum absolute atomic E-state index is 0.585. The molecule has 0 bridgehead atoms. The Balaban J connectivity index is 2.21. The highest BCUT2D eigenvalue weighted by atomic mass is 32.1. The van der Waals surface area contributed by atoms with Crippen LogP contribution in [0.1, 0.15) is 16.8 Å². The Morgan fingerprint density at radius 1 is 1.47 bits per heavy atom. The molecule has 1 aromatic carbocycles. The highest BCUT2D eigenvalue weighted by molar-refractivity contribution is 7.13. The number of nitriles is 1. The quantitative estimate of drug-likeness (QED) is 0.835. The molecule has 74 valence electrons. The van der Waals surface area contributed by atoms with Gasteiger partial charge in [0.05, 0.1) is 17.3 Å². The van der Waals surface area contributed by atoms with Gasteiger partial charge >= 0.3 is 0 Å². The molecule has 0 saturated heterocycles. The van der Waals surface area contributed by atoms with Gasteiger partial charge in [0.2, 0.25) is 0 Å². The summed E-state index contributed by atoms with van der Waals surface area (Å²) in [6, 6.07) is 9.64. The van der Waals surface area contributed by atoms with Gasteiger partial charge in [-0.05, 0) is 17.7 Å². The van der Waals surface area contributed by atoms with Crippen LogP contribution >= 0.6 is 11.3 Å². The maximum Gasteiger partial charge on any atom is 0.180 e. The molecule has 0 unspecified atom stereocenters. The Hall–Kier alpha value is -1.86. The Morgan fingerprint density at radius 3 is 3.00 bits per heavy atom. The molecule has 2 N–H and O–H groups in total.